The summed E-state index contributed by atoms with van der Waals surface area (Å²) in [6.45, 7) is 5.71. The summed E-state index contributed by atoms with van der Waals surface area (Å²) >= 11 is 0. The van der Waals surface area contributed by atoms with Gasteiger partial charge in [-0.05, 0) is 31.4 Å². The first-order valence-electron chi connectivity index (χ1n) is 8.24. The van der Waals surface area contributed by atoms with E-state index in [1.54, 1.807) is 0 Å². The van der Waals surface area contributed by atoms with Crippen LogP contribution in [0.25, 0.3) is 0 Å². The average molecular weight is 323 g/mol. The van der Waals surface area contributed by atoms with Crippen molar-refractivity contribution in [3.05, 3.63) is 71.3 Å². The molecule has 4 nitrogen and oxygen atoms in total. The van der Waals surface area contributed by atoms with E-state index in [0.717, 1.165) is 24.2 Å². The fraction of sp³-hybridized carbons (Fsp3) is 0.300. The minimum absolute atomic E-state index is 0.173. The van der Waals surface area contributed by atoms with Gasteiger partial charge in [0.25, 0.3) is 0 Å². The lowest BCUT2D eigenvalue weighted by molar-refractivity contribution is 0.242. The van der Waals surface area contributed by atoms with Crippen molar-refractivity contribution in [2.24, 2.45) is 4.99 Å². The minimum Gasteiger partial charge on any atom is -0.334 e. The number of nitrogens with one attached hydrogen (secondary N) is 2. The predicted molar refractivity (Wildman–Crippen MR) is 99.5 cm³/mol. The van der Waals surface area contributed by atoms with Gasteiger partial charge in [0, 0.05) is 18.8 Å². The van der Waals surface area contributed by atoms with Crippen molar-refractivity contribution in [2.75, 3.05) is 13.1 Å². The lowest BCUT2D eigenvalue weighted by Gasteiger charge is -2.08. The number of aliphatic imine (C=N–C) groups is 1. The van der Waals surface area contributed by atoms with Gasteiger partial charge in [0.1, 0.15) is 0 Å². The zero-order valence-corrected chi connectivity index (χ0v) is 14.4. The summed E-state index contributed by atoms with van der Waals surface area (Å²) in [6, 6.07) is 18.2. The maximum Gasteiger partial charge on any atom is 0.315 e. The van der Waals surface area contributed by atoms with E-state index in [1.165, 1.54) is 11.1 Å². The van der Waals surface area contributed by atoms with Gasteiger partial charge < -0.3 is 10.6 Å². The Hall–Kier alpha value is -2.62. The molecular formula is C20H25N3O. The van der Waals surface area contributed by atoms with Crippen LogP contribution >= 0.6 is 0 Å². The van der Waals surface area contributed by atoms with Crippen LogP contribution in [0.1, 0.15) is 23.6 Å². The van der Waals surface area contributed by atoms with Crippen molar-refractivity contribution in [2.45, 2.75) is 26.8 Å². The molecule has 0 radical (unpaired) electrons. The Bertz CT molecular complexity index is 663. The lowest BCUT2D eigenvalue weighted by Crippen LogP contribution is -2.37. The summed E-state index contributed by atoms with van der Waals surface area (Å²) in [4.78, 5) is 16.3. The summed E-state index contributed by atoms with van der Waals surface area (Å²) in [7, 11) is 0. The van der Waals surface area contributed by atoms with Crippen molar-refractivity contribution in [3.63, 3.8) is 0 Å². The van der Waals surface area contributed by atoms with Crippen LogP contribution < -0.4 is 10.6 Å². The summed E-state index contributed by atoms with van der Waals surface area (Å²) in [5.74, 6) is 0. The molecule has 4 heteroatoms. The molecule has 0 saturated heterocycles. The number of hydrogen-bond acceptors (Lipinski definition) is 2. The molecule has 0 unspecified atom stereocenters. The molecule has 0 aliphatic carbocycles. The molecule has 2 rings (SSSR count). The summed E-state index contributed by atoms with van der Waals surface area (Å²) in [5, 5.41) is 5.68. The van der Waals surface area contributed by atoms with Gasteiger partial charge in [-0.2, -0.15) is 0 Å². The molecule has 0 aromatic heterocycles. The van der Waals surface area contributed by atoms with Crippen molar-refractivity contribution in [1.82, 2.24) is 10.6 Å². The van der Waals surface area contributed by atoms with Gasteiger partial charge in [-0.25, -0.2) is 4.79 Å². The maximum atomic E-state index is 11.8. The molecule has 2 aromatic rings. The number of carbonyl (C=O) groups is 1. The van der Waals surface area contributed by atoms with E-state index >= 15 is 0 Å². The van der Waals surface area contributed by atoms with Gasteiger partial charge >= 0.3 is 6.03 Å². The van der Waals surface area contributed by atoms with Gasteiger partial charge in [0.05, 0.1) is 6.54 Å². The van der Waals surface area contributed by atoms with E-state index in [4.69, 9.17) is 0 Å². The highest BCUT2D eigenvalue weighted by Crippen LogP contribution is 2.02. The fourth-order valence-electron chi connectivity index (χ4n) is 2.24. The normalized spacial score (nSPS) is 11.2. The van der Waals surface area contributed by atoms with E-state index in [9.17, 15) is 4.79 Å². The maximum absolute atomic E-state index is 11.8. The van der Waals surface area contributed by atoms with Gasteiger partial charge in [0.2, 0.25) is 0 Å². The Morgan fingerprint density at radius 2 is 1.67 bits per heavy atom. The summed E-state index contributed by atoms with van der Waals surface area (Å²) in [5.41, 5.74) is 4.50. The van der Waals surface area contributed by atoms with E-state index in [-0.39, 0.29) is 6.03 Å². The molecule has 0 spiro atoms. The van der Waals surface area contributed by atoms with Crippen LogP contribution in [-0.2, 0) is 13.0 Å². The van der Waals surface area contributed by atoms with Crippen LogP contribution in [0.4, 0.5) is 4.79 Å². The molecule has 126 valence electrons. The van der Waals surface area contributed by atoms with Gasteiger partial charge in [0.15, 0.2) is 0 Å². The Balaban J connectivity index is 1.65. The summed E-state index contributed by atoms with van der Waals surface area (Å²) in [6.07, 6.45) is 0.914. The lowest BCUT2D eigenvalue weighted by atomic mass is 10.1. The first-order chi connectivity index (χ1) is 11.6. The highest BCUT2D eigenvalue weighted by Gasteiger charge is 2.01. The van der Waals surface area contributed by atoms with Crippen LogP contribution in [0.3, 0.4) is 0 Å². The SMILES string of the molecule is CC(CNC(=O)NCc1ccc(C)cc1)=NCCc1ccccc1. The molecule has 2 aromatic carbocycles. The van der Waals surface area contributed by atoms with Gasteiger partial charge in [-0.1, -0.05) is 60.2 Å². The predicted octanol–water partition coefficient (Wildman–Crippen LogP) is 3.50. The number of carbonyl (C=O) groups excluding carboxylic acids is 1. The first kappa shape index (κ1) is 17.7. The van der Waals surface area contributed by atoms with Crippen molar-refractivity contribution < 1.29 is 4.79 Å². The number of aryl methyl sites for hydroxylation is 1. The third kappa shape index (κ3) is 6.65. The highest BCUT2D eigenvalue weighted by molar-refractivity contribution is 5.87. The molecule has 0 heterocycles. The number of nitrogens with zero attached hydrogens (tertiary/aromatic N) is 1. The molecule has 0 bridgehead atoms. The van der Waals surface area contributed by atoms with Crippen molar-refractivity contribution in [1.29, 1.82) is 0 Å². The van der Waals surface area contributed by atoms with Gasteiger partial charge in [-0.3, -0.25) is 4.99 Å². The van der Waals surface area contributed by atoms with E-state index < -0.39 is 0 Å². The fourth-order valence-corrected chi connectivity index (χ4v) is 2.24. The van der Waals surface area contributed by atoms with Crippen LogP contribution in [0, 0.1) is 6.92 Å². The van der Waals surface area contributed by atoms with E-state index in [0.29, 0.717) is 13.1 Å². The number of urea groups is 1. The van der Waals surface area contributed by atoms with Crippen LogP contribution in [-0.4, -0.2) is 24.8 Å². The molecule has 0 fully saturated rings. The summed E-state index contributed by atoms with van der Waals surface area (Å²) < 4.78 is 0. The van der Waals surface area contributed by atoms with Crippen molar-refractivity contribution in [3.8, 4) is 0 Å². The number of hydrogen-bond donors (Lipinski definition) is 2. The second-order valence-corrected chi connectivity index (χ2v) is 5.87. The number of rotatable bonds is 7. The Labute approximate surface area is 144 Å². The molecule has 24 heavy (non-hydrogen) atoms. The third-order valence-corrected chi connectivity index (χ3v) is 3.70. The first-order valence-corrected chi connectivity index (χ1v) is 8.24. The Kier molecular flexibility index (Phi) is 7.02. The molecule has 2 amide bonds. The molecule has 0 saturated carbocycles. The number of amides is 2. The monoisotopic (exact) mass is 323 g/mol. The van der Waals surface area contributed by atoms with Crippen LogP contribution in [0.15, 0.2) is 59.6 Å². The largest absolute Gasteiger partial charge is 0.334 e. The van der Waals surface area contributed by atoms with Crippen molar-refractivity contribution >= 4 is 11.7 Å². The zero-order valence-electron chi connectivity index (χ0n) is 14.4. The van der Waals surface area contributed by atoms with Crippen LogP contribution in [0.5, 0.6) is 0 Å². The molecule has 0 aliphatic heterocycles. The standard InChI is InChI=1S/C20H25N3O/c1-16-8-10-19(11-9-16)15-23-20(24)22-14-17(2)21-13-12-18-6-4-3-5-7-18/h3-11H,12-15H2,1-2H3,(H2,22,23,24). The molecule has 0 aliphatic rings. The van der Waals surface area contributed by atoms with Crippen LogP contribution in [0.2, 0.25) is 0 Å². The second-order valence-electron chi connectivity index (χ2n) is 5.87. The Morgan fingerprint density at radius 1 is 0.958 bits per heavy atom. The zero-order chi connectivity index (χ0) is 17.2. The average Bonchev–Trinajstić information content (AvgIpc) is 2.60. The van der Waals surface area contributed by atoms with E-state index in [1.807, 2.05) is 56.3 Å². The topological polar surface area (TPSA) is 53.5 Å². The van der Waals surface area contributed by atoms with Gasteiger partial charge in [-0.15, -0.1) is 0 Å². The quantitative estimate of drug-likeness (QED) is 0.753. The van der Waals surface area contributed by atoms with E-state index in [2.05, 4.69) is 27.8 Å². The Morgan fingerprint density at radius 3 is 2.38 bits per heavy atom. The minimum atomic E-state index is -0.173. The highest BCUT2D eigenvalue weighted by atomic mass is 16.2. The third-order valence-electron chi connectivity index (χ3n) is 3.70. The second kappa shape index (κ2) is 9.50. The number of benzene rings is 2. The molecular weight excluding hydrogens is 298 g/mol. The molecule has 0 atom stereocenters. The molecule has 2 N–H and O–H groups in total. The smallest absolute Gasteiger partial charge is 0.315 e.